The summed E-state index contributed by atoms with van der Waals surface area (Å²) in [5, 5.41) is 1.83. The SMILES string of the molecule is C/C=C\C.CC=C(C)C.COC.CSc1ccc(-c2ccsc2C=O)cc1F. The second kappa shape index (κ2) is 18.7. The highest BCUT2D eigenvalue weighted by molar-refractivity contribution is 7.98. The Bertz CT molecular complexity index is 711. The summed E-state index contributed by atoms with van der Waals surface area (Å²) in [5.74, 6) is -0.243. The molecule has 0 radical (unpaired) electrons. The zero-order valence-corrected chi connectivity index (χ0v) is 19.8. The lowest BCUT2D eigenvalue weighted by Gasteiger charge is -2.03. The topological polar surface area (TPSA) is 26.3 Å². The smallest absolute Gasteiger partial charge is 0.160 e. The first kappa shape index (κ1) is 28.5. The Balaban J connectivity index is 0. The largest absolute Gasteiger partial charge is 0.388 e. The fourth-order valence-electron chi connectivity index (χ4n) is 1.48. The molecule has 28 heavy (non-hydrogen) atoms. The Morgan fingerprint density at radius 2 is 1.64 bits per heavy atom. The number of allylic oxidation sites excluding steroid dienone is 4. The first-order chi connectivity index (χ1) is 13.4. The molecule has 0 aliphatic carbocycles. The number of thioether (sulfide) groups is 1. The molecule has 0 amide bonds. The average molecular weight is 425 g/mol. The van der Waals surface area contributed by atoms with Crippen molar-refractivity contribution in [2.45, 2.75) is 39.5 Å². The van der Waals surface area contributed by atoms with Crippen molar-refractivity contribution in [1.29, 1.82) is 0 Å². The van der Waals surface area contributed by atoms with E-state index in [0.29, 0.717) is 9.77 Å². The molecule has 0 spiro atoms. The average Bonchev–Trinajstić information content (AvgIpc) is 3.18. The zero-order valence-electron chi connectivity index (χ0n) is 18.2. The van der Waals surface area contributed by atoms with Gasteiger partial charge in [0, 0.05) is 24.7 Å². The molecular weight excluding hydrogens is 391 g/mol. The third kappa shape index (κ3) is 12.7. The van der Waals surface area contributed by atoms with Gasteiger partial charge in [0.25, 0.3) is 0 Å². The summed E-state index contributed by atoms with van der Waals surface area (Å²) < 4.78 is 17.8. The van der Waals surface area contributed by atoms with Crippen molar-refractivity contribution in [3.8, 4) is 11.1 Å². The lowest BCUT2D eigenvalue weighted by molar-refractivity contribution is 0.112. The molecule has 0 aliphatic rings. The summed E-state index contributed by atoms with van der Waals surface area (Å²) in [6.07, 6.45) is 8.72. The normalized spacial score (nSPS) is 9.18. The molecular formula is C23H33FO2S2. The summed E-state index contributed by atoms with van der Waals surface area (Å²) in [4.78, 5) is 12.0. The first-order valence-electron chi connectivity index (χ1n) is 8.80. The van der Waals surface area contributed by atoms with Crippen LogP contribution in [0.5, 0.6) is 0 Å². The van der Waals surface area contributed by atoms with E-state index in [1.807, 2.05) is 56.7 Å². The number of carbonyl (C=O) groups excluding carboxylic acids is 1. The van der Waals surface area contributed by atoms with Gasteiger partial charge in [-0.05, 0) is 70.0 Å². The predicted octanol–water partition coefficient (Wildman–Crippen LogP) is 7.91. The van der Waals surface area contributed by atoms with Crippen LogP contribution in [0.25, 0.3) is 11.1 Å². The molecule has 0 aliphatic heterocycles. The van der Waals surface area contributed by atoms with Gasteiger partial charge in [0.2, 0.25) is 0 Å². The fraction of sp³-hybridized carbons (Fsp3) is 0.348. The van der Waals surface area contributed by atoms with Crippen molar-refractivity contribution < 1.29 is 13.9 Å². The lowest BCUT2D eigenvalue weighted by Crippen LogP contribution is -1.85. The number of rotatable bonds is 3. The van der Waals surface area contributed by atoms with Gasteiger partial charge < -0.3 is 4.74 Å². The van der Waals surface area contributed by atoms with Gasteiger partial charge in [0.1, 0.15) is 5.82 Å². The van der Waals surface area contributed by atoms with Crippen LogP contribution in [-0.4, -0.2) is 26.8 Å². The quantitative estimate of drug-likeness (QED) is 0.284. The van der Waals surface area contributed by atoms with Crippen molar-refractivity contribution in [1.82, 2.24) is 0 Å². The van der Waals surface area contributed by atoms with Crippen LogP contribution in [0.15, 0.2) is 58.3 Å². The molecule has 2 rings (SSSR count). The molecule has 0 saturated heterocycles. The zero-order chi connectivity index (χ0) is 21.9. The second-order valence-corrected chi connectivity index (χ2v) is 7.40. The van der Waals surface area contributed by atoms with Crippen LogP contribution in [-0.2, 0) is 4.74 Å². The number of aldehydes is 1. The molecule has 0 fully saturated rings. The van der Waals surface area contributed by atoms with Gasteiger partial charge in [-0.25, -0.2) is 4.39 Å². The third-order valence-corrected chi connectivity index (χ3v) is 4.79. The Morgan fingerprint density at radius 1 is 1.11 bits per heavy atom. The van der Waals surface area contributed by atoms with Crippen molar-refractivity contribution in [2.75, 3.05) is 20.5 Å². The van der Waals surface area contributed by atoms with Gasteiger partial charge in [-0.15, -0.1) is 23.1 Å². The molecule has 1 aromatic heterocycles. The van der Waals surface area contributed by atoms with E-state index < -0.39 is 0 Å². The van der Waals surface area contributed by atoms with Crippen molar-refractivity contribution in [2.24, 2.45) is 0 Å². The fourth-order valence-corrected chi connectivity index (χ4v) is 2.66. The number of halogens is 1. The molecule has 1 aromatic carbocycles. The second-order valence-electron chi connectivity index (χ2n) is 5.61. The standard InChI is InChI=1S/C12H9FOS2.C5H10.C4H8.C2H6O/c1-15-11-3-2-8(6-10(11)13)9-4-5-16-12(9)7-14;1-4-5(2)3;1-3-4-2;1-3-2/h2-7H,1H3;4H,1-3H3;3-4H,1-2H3;1-2H3/b;;4-3-;. The van der Waals surface area contributed by atoms with Crippen molar-refractivity contribution >= 4 is 29.4 Å². The molecule has 0 atom stereocenters. The number of methoxy groups -OCH3 is 1. The first-order valence-corrected chi connectivity index (χ1v) is 10.9. The number of benzene rings is 1. The molecule has 0 bridgehead atoms. The highest BCUT2D eigenvalue weighted by atomic mass is 32.2. The van der Waals surface area contributed by atoms with Gasteiger partial charge in [-0.3, -0.25) is 4.79 Å². The Morgan fingerprint density at radius 3 is 2.00 bits per heavy atom. The number of thiophene rings is 1. The molecule has 2 nitrogen and oxygen atoms in total. The maximum Gasteiger partial charge on any atom is 0.160 e. The molecule has 0 unspecified atom stereocenters. The Hall–Kier alpha value is -1.69. The highest BCUT2D eigenvalue weighted by Gasteiger charge is 2.08. The molecule has 2 aromatic rings. The number of ether oxygens (including phenoxy) is 1. The van der Waals surface area contributed by atoms with Crippen LogP contribution in [0.3, 0.4) is 0 Å². The van der Waals surface area contributed by atoms with Gasteiger partial charge in [0.05, 0.1) is 4.88 Å². The summed E-state index contributed by atoms with van der Waals surface area (Å²) in [6.45, 7) is 10.2. The third-order valence-electron chi connectivity index (χ3n) is 3.18. The van der Waals surface area contributed by atoms with E-state index >= 15 is 0 Å². The van der Waals surface area contributed by atoms with E-state index in [1.54, 1.807) is 20.3 Å². The van der Waals surface area contributed by atoms with Gasteiger partial charge in [-0.2, -0.15) is 0 Å². The van der Waals surface area contributed by atoms with Crippen LogP contribution in [0.4, 0.5) is 4.39 Å². The van der Waals surface area contributed by atoms with Gasteiger partial charge >= 0.3 is 0 Å². The van der Waals surface area contributed by atoms with E-state index in [2.05, 4.69) is 24.7 Å². The summed E-state index contributed by atoms with van der Waals surface area (Å²) >= 11 is 2.73. The van der Waals surface area contributed by atoms with Crippen molar-refractivity contribution in [3.05, 3.63) is 64.1 Å². The van der Waals surface area contributed by atoms with E-state index in [1.165, 1.54) is 34.7 Å². The van der Waals surface area contributed by atoms with Crippen LogP contribution in [0.1, 0.15) is 44.3 Å². The minimum atomic E-state index is -0.243. The van der Waals surface area contributed by atoms with Crippen LogP contribution >= 0.6 is 23.1 Å². The minimum Gasteiger partial charge on any atom is -0.388 e. The van der Waals surface area contributed by atoms with Gasteiger partial charge in [-0.1, -0.05) is 29.9 Å². The van der Waals surface area contributed by atoms with E-state index in [0.717, 1.165) is 17.4 Å². The number of hydrogen-bond acceptors (Lipinski definition) is 4. The minimum absolute atomic E-state index is 0.243. The van der Waals surface area contributed by atoms with Gasteiger partial charge in [0.15, 0.2) is 6.29 Å². The highest BCUT2D eigenvalue weighted by Crippen LogP contribution is 2.30. The Kier molecular flexibility index (Phi) is 19.0. The monoisotopic (exact) mass is 424 g/mol. The van der Waals surface area contributed by atoms with E-state index in [-0.39, 0.29) is 5.82 Å². The number of hydrogen-bond donors (Lipinski definition) is 0. The maximum absolute atomic E-state index is 13.6. The maximum atomic E-state index is 13.6. The Labute approximate surface area is 178 Å². The van der Waals surface area contributed by atoms with Crippen molar-refractivity contribution in [3.63, 3.8) is 0 Å². The summed E-state index contributed by atoms with van der Waals surface area (Å²) in [5.41, 5.74) is 2.93. The predicted molar refractivity (Wildman–Crippen MR) is 125 cm³/mol. The summed E-state index contributed by atoms with van der Waals surface area (Å²) in [6, 6.07) is 6.88. The number of carbonyl (C=O) groups is 1. The molecule has 5 heteroatoms. The van der Waals surface area contributed by atoms with E-state index in [9.17, 15) is 9.18 Å². The summed E-state index contributed by atoms with van der Waals surface area (Å²) in [7, 11) is 3.25. The van der Waals surface area contributed by atoms with E-state index in [4.69, 9.17) is 0 Å². The van der Waals surface area contributed by atoms with Crippen LogP contribution < -0.4 is 0 Å². The molecule has 0 N–H and O–H groups in total. The molecule has 0 saturated carbocycles. The van der Waals surface area contributed by atoms with Crippen LogP contribution in [0.2, 0.25) is 0 Å². The lowest BCUT2D eigenvalue weighted by atomic mass is 10.1. The van der Waals surface area contributed by atoms with Crippen LogP contribution in [0, 0.1) is 5.82 Å². The molecule has 156 valence electrons. The molecule has 1 heterocycles.